The first kappa shape index (κ1) is 17.9. The molecule has 0 bridgehead atoms. The molecule has 5 heteroatoms. The van der Waals surface area contributed by atoms with Crippen LogP contribution in [0.15, 0.2) is 48.5 Å². The Morgan fingerprint density at radius 2 is 2.08 bits per heavy atom. The van der Waals surface area contributed by atoms with Gasteiger partial charge in [-0.3, -0.25) is 9.69 Å². The molecule has 1 amide bonds. The van der Waals surface area contributed by atoms with Gasteiger partial charge in [-0.25, -0.2) is 4.39 Å². The van der Waals surface area contributed by atoms with Gasteiger partial charge in [-0.15, -0.1) is 0 Å². The first-order chi connectivity index (χ1) is 12.0. The van der Waals surface area contributed by atoms with Crippen LogP contribution in [0.2, 0.25) is 5.02 Å². The summed E-state index contributed by atoms with van der Waals surface area (Å²) in [7, 11) is 0. The third kappa shape index (κ3) is 4.59. The second-order valence-corrected chi connectivity index (χ2v) is 7.09. The fourth-order valence-corrected chi connectivity index (χ4v) is 3.49. The molecule has 3 rings (SSSR count). The van der Waals surface area contributed by atoms with Crippen molar-refractivity contribution in [3.8, 4) is 0 Å². The van der Waals surface area contributed by atoms with Gasteiger partial charge >= 0.3 is 0 Å². The number of carbonyl (C=O) groups excluding carboxylic acids is 1. The fraction of sp³-hybridized carbons (Fsp3) is 0.350. The van der Waals surface area contributed by atoms with Crippen molar-refractivity contribution in [3.63, 3.8) is 0 Å². The molecule has 1 heterocycles. The van der Waals surface area contributed by atoms with E-state index in [0.717, 1.165) is 32.1 Å². The standard InChI is InChI=1S/C20H22ClFN2O/c1-14(23-20(25)18-8-7-17(21)11-19(18)22)16-9-10-24(13-16)12-15-5-3-2-4-6-15/h2-8,11,14,16H,9-10,12-13H2,1H3,(H,23,25). The smallest absolute Gasteiger partial charge is 0.254 e. The molecule has 1 saturated heterocycles. The van der Waals surface area contributed by atoms with E-state index in [2.05, 4.69) is 22.3 Å². The minimum atomic E-state index is -0.589. The molecule has 2 aromatic carbocycles. The van der Waals surface area contributed by atoms with E-state index in [1.54, 1.807) is 0 Å². The van der Waals surface area contributed by atoms with Gasteiger partial charge in [0, 0.05) is 24.2 Å². The second kappa shape index (κ2) is 7.98. The quantitative estimate of drug-likeness (QED) is 0.869. The molecule has 0 aliphatic carbocycles. The Labute approximate surface area is 152 Å². The Morgan fingerprint density at radius 1 is 1.32 bits per heavy atom. The van der Waals surface area contributed by atoms with Gasteiger partial charge in [0.2, 0.25) is 0 Å². The van der Waals surface area contributed by atoms with Gasteiger partial charge in [-0.05, 0) is 49.6 Å². The van der Waals surface area contributed by atoms with Crippen LogP contribution in [-0.2, 0) is 6.54 Å². The van der Waals surface area contributed by atoms with Crippen LogP contribution in [0.3, 0.4) is 0 Å². The van der Waals surface area contributed by atoms with Crippen LogP contribution in [0, 0.1) is 11.7 Å². The highest BCUT2D eigenvalue weighted by Crippen LogP contribution is 2.22. The molecule has 0 spiro atoms. The van der Waals surface area contributed by atoms with Crippen molar-refractivity contribution in [2.45, 2.75) is 25.9 Å². The molecule has 132 valence electrons. The number of nitrogens with zero attached hydrogens (tertiary/aromatic N) is 1. The second-order valence-electron chi connectivity index (χ2n) is 6.66. The van der Waals surface area contributed by atoms with Gasteiger partial charge in [0.1, 0.15) is 5.82 Å². The summed E-state index contributed by atoms with van der Waals surface area (Å²) in [6.45, 7) is 4.85. The monoisotopic (exact) mass is 360 g/mol. The van der Waals surface area contributed by atoms with E-state index in [1.165, 1.54) is 17.7 Å². The Balaban J connectivity index is 1.55. The number of amides is 1. The Kier molecular flexibility index (Phi) is 5.71. The maximum absolute atomic E-state index is 13.9. The number of halogens is 2. The predicted molar refractivity (Wildman–Crippen MR) is 98.2 cm³/mol. The summed E-state index contributed by atoms with van der Waals surface area (Å²) in [6, 6.07) is 14.5. The minimum Gasteiger partial charge on any atom is -0.349 e. The summed E-state index contributed by atoms with van der Waals surface area (Å²) >= 11 is 5.74. The van der Waals surface area contributed by atoms with E-state index in [4.69, 9.17) is 11.6 Å². The summed E-state index contributed by atoms with van der Waals surface area (Å²) in [6.07, 6.45) is 1.03. The largest absolute Gasteiger partial charge is 0.349 e. The van der Waals surface area contributed by atoms with E-state index in [-0.39, 0.29) is 22.5 Å². The van der Waals surface area contributed by atoms with Crippen molar-refractivity contribution >= 4 is 17.5 Å². The number of likely N-dealkylation sites (tertiary alicyclic amines) is 1. The number of hydrogen-bond acceptors (Lipinski definition) is 2. The van der Waals surface area contributed by atoms with Crippen molar-refractivity contribution < 1.29 is 9.18 Å². The van der Waals surface area contributed by atoms with Crippen molar-refractivity contribution in [1.29, 1.82) is 0 Å². The average Bonchev–Trinajstić information content (AvgIpc) is 3.04. The lowest BCUT2D eigenvalue weighted by Gasteiger charge is -2.22. The number of rotatable bonds is 5. The molecular formula is C20H22ClFN2O. The van der Waals surface area contributed by atoms with Crippen molar-refractivity contribution in [3.05, 3.63) is 70.5 Å². The van der Waals surface area contributed by atoms with Crippen LogP contribution in [0.1, 0.15) is 29.3 Å². The molecule has 2 unspecified atom stereocenters. The highest BCUT2D eigenvalue weighted by atomic mass is 35.5. The molecule has 25 heavy (non-hydrogen) atoms. The van der Waals surface area contributed by atoms with Crippen LogP contribution in [0.25, 0.3) is 0 Å². The predicted octanol–water partition coefficient (Wildman–Crippen LogP) is 4.12. The van der Waals surface area contributed by atoms with Crippen LogP contribution < -0.4 is 5.32 Å². The number of carbonyl (C=O) groups is 1. The third-order valence-electron chi connectivity index (χ3n) is 4.80. The normalized spacial score (nSPS) is 18.9. The highest BCUT2D eigenvalue weighted by Gasteiger charge is 2.28. The molecule has 1 aliphatic heterocycles. The van der Waals surface area contributed by atoms with Crippen molar-refractivity contribution in [1.82, 2.24) is 10.2 Å². The molecule has 1 N–H and O–H groups in total. The third-order valence-corrected chi connectivity index (χ3v) is 5.03. The van der Waals surface area contributed by atoms with E-state index >= 15 is 0 Å². The molecule has 2 atom stereocenters. The molecule has 0 aromatic heterocycles. The lowest BCUT2D eigenvalue weighted by molar-refractivity contribution is 0.0923. The van der Waals surface area contributed by atoms with Gasteiger partial charge in [0.15, 0.2) is 0 Å². The maximum atomic E-state index is 13.9. The Hall–Kier alpha value is -1.91. The fourth-order valence-electron chi connectivity index (χ4n) is 3.33. The number of nitrogens with one attached hydrogen (secondary N) is 1. The zero-order valence-electron chi connectivity index (χ0n) is 14.2. The Bertz CT molecular complexity index is 738. The van der Waals surface area contributed by atoms with Crippen molar-refractivity contribution in [2.75, 3.05) is 13.1 Å². The molecule has 2 aromatic rings. The molecule has 1 aliphatic rings. The summed E-state index contributed by atoms with van der Waals surface area (Å²) in [5.74, 6) is -0.611. The van der Waals surface area contributed by atoms with Gasteiger partial charge in [0.25, 0.3) is 5.91 Å². The summed E-state index contributed by atoms with van der Waals surface area (Å²) in [5, 5.41) is 3.22. The van der Waals surface area contributed by atoms with Gasteiger partial charge in [-0.2, -0.15) is 0 Å². The number of benzene rings is 2. The van der Waals surface area contributed by atoms with E-state index < -0.39 is 5.82 Å². The van der Waals surface area contributed by atoms with E-state index in [9.17, 15) is 9.18 Å². The van der Waals surface area contributed by atoms with Crippen LogP contribution >= 0.6 is 11.6 Å². The summed E-state index contributed by atoms with van der Waals surface area (Å²) in [4.78, 5) is 14.7. The number of hydrogen-bond donors (Lipinski definition) is 1. The first-order valence-corrected chi connectivity index (χ1v) is 8.93. The molecule has 0 radical (unpaired) electrons. The zero-order valence-corrected chi connectivity index (χ0v) is 15.0. The SMILES string of the molecule is CC(NC(=O)c1ccc(Cl)cc1F)C1CCN(Cc2ccccc2)C1. The molecule has 1 fully saturated rings. The Morgan fingerprint density at radius 3 is 2.80 bits per heavy atom. The van der Waals surface area contributed by atoms with Crippen molar-refractivity contribution in [2.24, 2.45) is 5.92 Å². The van der Waals surface area contributed by atoms with Crippen LogP contribution in [0.4, 0.5) is 4.39 Å². The van der Waals surface area contributed by atoms with Crippen LogP contribution in [-0.4, -0.2) is 29.9 Å². The average molecular weight is 361 g/mol. The molecular weight excluding hydrogens is 339 g/mol. The lowest BCUT2D eigenvalue weighted by atomic mass is 10.00. The summed E-state index contributed by atoms with van der Waals surface area (Å²) < 4.78 is 13.9. The van der Waals surface area contributed by atoms with Gasteiger partial charge in [0.05, 0.1) is 5.56 Å². The summed E-state index contributed by atoms with van der Waals surface area (Å²) in [5.41, 5.74) is 1.33. The van der Waals surface area contributed by atoms with E-state index in [0.29, 0.717) is 5.92 Å². The topological polar surface area (TPSA) is 32.3 Å². The lowest BCUT2D eigenvalue weighted by Crippen LogP contribution is -2.39. The van der Waals surface area contributed by atoms with Gasteiger partial charge in [-0.1, -0.05) is 41.9 Å². The molecule has 3 nitrogen and oxygen atoms in total. The zero-order chi connectivity index (χ0) is 17.8. The van der Waals surface area contributed by atoms with Crippen LogP contribution in [0.5, 0.6) is 0 Å². The molecule has 0 saturated carbocycles. The highest BCUT2D eigenvalue weighted by molar-refractivity contribution is 6.30. The van der Waals surface area contributed by atoms with E-state index in [1.807, 2.05) is 25.1 Å². The minimum absolute atomic E-state index is 0.0108. The first-order valence-electron chi connectivity index (χ1n) is 8.55. The van der Waals surface area contributed by atoms with Gasteiger partial charge < -0.3 is 5.32 Å². The maximum Gasteiger partial charge on any atom is 0.254 e.